The Bertz CT molecular complexity index is 1070. The predicted octanol–water partition coefficient (Wildman–Crippen LogP) is 4.77. The lowest BCUT2D eigenvalue weighted by Gasteiger charge is -2.03. The van der Waals surface area contributed by atoms with E-state index in [4.69, 9.17) is 13.7 Å². The van der Waals surface area contributed by atoms with Gasteiger partial charge in [0, 0.05) is 11.6 Å². The molecule has 4 aromatic rings. The first-order valence-electron chi connectivity index (χ1n) is 8.13. The van der Waals surface area contributed by atoms with Crippen LogP contribution in [0.25, 0.3) is 22.0 Å². The average molecular weight is 400 g/mol. The van der Waals surface area contributed by atoms with E-state index in [1.54, 1.807) is 18.4 Å². The number of para-hydroxylation sites is 1. The number of aryl methyl sites for hydroxylation is 2. The lowest BCUT2D eigenvalue weighted by Crippen LogP contribution is -1.86. The van der Waals surface area contributed by atoms with E-state index < -0.39 is 0 Å². The Balaban J connectivity index is 1.46. The van der Waals surface area contributed by atoms with Gasteiger partial charge in [-0.3, -0.25) is 0 Å². The maximum absolute atomic E-state index is 5.74. The smallest absolute Gasteiger partial charge is 0.277 e. The molecule has 0 aliphatic carbocycles. The normalized spacial score (nSPS) is 11.1. The molecule has 3 aromatic heterocycles. The Morgan fingerprint density at radius 2 is 2.04 bits per heavy atom. The zero-order valence-electron chi connectivity index (χ0n) is 14.9. The highest BCUT2D eigenvalue weighted by molar-refractivity contribution is 7.98. The molecule has 0 saturated carbocycles. The minimum atomic E-state index is 0.477. The molecule has 0 unspecified atom stereocenters. The summed E-state index contributed by atoms with van der Waals surface area (Å²) in [5, 5.41) is 13.8. The van der Waals surface area contributed by atoms with Crippen LogP contribution in [0.15, 0.2) is 44.5 Å². The van der Waals surface area contributed by atoms with Gasteiger partial charge in [0.2, 0.25) is 0 Å². The molecule has 0 radical (unpaired) electrons. The zero-order chi connectivity index (χ0) is 18.8. The SMILES string of the molecule is COc1ccccc1-c1cc(CSc2nnc(-c3sc(C)nc3C)o2)on1. The first kappa shape index (κ1) is 17.7. The number of benzene rings is 1. The van der Waals surface area contributed by atoms with Crippen molar-refractivity contribution in [3.05, 3.63) is 46.8 Å². The molecule has 0 saturated heterocycles. The molecule has 0 fully saturated rings. The second-order valence-electron chi connectivity index (χ2n) is 5.69. The van der Waals surface area contributed by atoms with E-state index in [-0.39, 0.29) is 0 Å². The van der Waals surface area contributed by atoms with Gasteiger partial charge in [-0.2, -0.15) is 0 Å². The Labute approximate surface area is 163 Å². The molecule has 0 atom stereocenters. The summed E-state index contributed by atoms with van der Waals surface area (Å²) >= 11 is 2.94. The maximum Gasteiger partial charge on any atom is 0.277 e. The van der Waals surface area contributed by atoms with Crippen molar-refractivity contribution in [3.8, 4) is 27.8 Å². The van der Waals surface area contributed by atoms with Crippen LogP contribution in [-0.2, 0) is 5.75 Å². The fraction of sp³-hybridized carbons (Fsp3) is 0.222. The predicted molar refractivity (Wildman–Crippen MR) is 103 cm³/mol. The molecule has 1 aromatic carbocycles. The van der Waals surface area contributed by atoms with E-state index in [1.165, 1.54) is 11.8 Å². The molecular weight excluding hydrogens is 384 g/mol. The highest BCUT2D eigenvalue weighted by Crippen LogP contribution is 2.33. The van der Waals surface area contributed by atoms with Gasteiger partial charge in [-0.25, -0.2) is 4.98 Å². The van der Waals surface area contributed by atoms with E-state index in [0.717, 1.165) is 32.6 Å². The van der Waals surface area contributed by atoms with Gasteiger partial charge in [0.05, 0.1) is 23.6 Å². The Morgan fingerprint density at radius 3 is 2.81 bits per heavy atom. The van der Waals surface area contributed by atoms with Gasteiger partial charge in [0.15, 0.2) is 0 Å². The molecule has 0 bridgehead atoms. The van der Waals surface area contributed by atoms with Crippen molar-refractivity contribution in [1.82, 2.24) is 20.3 Å². The van der Waals surface area contributed by atoms with Crippen molar-refractivity contribution in [3.63, 3.8) is 0 Å². The molecule has 0 aliphatic heterocycles. The summed E-state index contributed by atoms with van der Waals surface area (Å²) in [6.45, 7) is 3.89. The maximum atomic E-state index is 5.74. The standard InChI is InChI=1S/C18H16N4O3S2/c1-10-16(27-11(2)19-10)17-20-21-18(24-17)26-9-12-8-14(22-25-12)13-6-4-5-7-15(13)23-3/h4-8H,9H2,1-3H3. The van der Waals surface area contributed by atoms with Crippen molar-refractivity contribution in [2.45, 2.75) is 24.8 Å². The minimum Gasteiger partial charge on any atom is -0.496 e. The van der Waals surface area contributed by atoms with Crippen LogP contribution in [0, 0.1) is 13.8 Å². The van der Waals surface area contributed by atoms with E-state index in [9.17, 15) is 0 Å². The molecule has 138 valence electrons. The monoisotopic (exact) mass is 400 g/mol. The van der Waals surface area contributed by atoms with Gasteiger partial charge in [0.25, 0.3) is 11.1 Å². The lowest BCUT2D eigenvalue weighted by atomic mass is 10.1. The average Bonchev–Trinajstić information content (AvgIpc) is 3.39. The number of thiazole rings is 1. The fourth-order valence-electron chi connectivity index (χ4n) is 2.59. The molecule has 27 heavy (non-hydrogen) atoms. The summed E-state index contributed by atoms with van der Waals surface area (Å²) in [7, 11) is 1.63. The summed E-state index contributed by atoms with van der Waals surface area (Å²) in [5.74, 6) is 2.49. The van der Waals surface area contributed by atoms with E-state index >= 15 is 0 Å². The molecule has 9 heteroatoms. The van der Waals surface area contributed by atoms with E-state index in [1.807, 2.05) is 44.2 Å². The van der Waals surface area contributed by atoms with Gasteiger partial charge in [0.1, 0.15) is 22.1 Å². The van der Waals surface area contributed by atoms with Gasteiger partial charge in [-0.05, 0) is 26.0 Å². The molecule has 4 rings (SSSR count). The topological polar surface area (TPSA) is 87.1 Å². The lowest BCUT2D eigenvalue weighted by molar-refractivity contribution is 0.394. The van der Waals surface area contributed by atoms with Crippen molar-refractivity contribution in [1.29, 1.82) is 0 Å². The first-order valence-corrected chi connectivity index (χ1v) is 9.94. The third kappa shape index (κ3) is 3.74. The van der Waals surface area contributed by atoms with Gasteiger partial charge in [-0.1, -0.05) is 29.1 Å². The zero-order valence-corrected chi connectivity index (χ0v) is 16.6. The van der Waals surface area contributed by atoms with Crippen LogP contribution in [0.3, 0.4) is 0 Å². The Hall–Kier alpha value is -2.65. The Kier molecular flexibility index (Phi) is 4.95. The minimum absolute atomic E-state index is 0.477. The van der Waals surface area contributed by atoms with Crippen LogP contribution in [0.5, 0.6) is 5.75 Å². The second kappa shape index (κ2) is 7.53. The van der Waals surface area contributed by atoms with Crippen molar-refractivity contribution >= 4 is 23.1 Å². The van der Waals surface area contributed by atoms with Crippen LogP contribution in [0.1, 0.15) is 16.5 Å². The van der Waals surface area contributed by atoms with Crippen molar-refractivity contribution < 1.29 is 13.7 Å². The first-order chi connectivity index (χ1) is 13.1. The van der Waals surface area contributed by atoms with Crippen LogP contribution in [-0.4, -0.2) is 27.4 Å². The van der Waals surface area contributed by atoms with Crippen LogP contribution < -0.4 is 4.74 Å². The number of hydrogen-bond donors (Lipinski definition) is 0. The van der Waals surface area contributed by atoms with E-state index in [0.29, 0.717) is 22.6 Å². The van der Waals surface area contributed by atoms with Crippen LogP contribution in [0.4, 0.5) is 0 Å². The largest absolute Gasteiger partial charge is 0.496 e. The number of thioether (sulfide) groups is 1. The number of hydrogen-bond acceptors (Lipinski definition) is 9. The summed E-state index contributed by atoms with van der Waals surface area (Å²) in [6.07, 6.45) is 0. The number of nitrogens with zero attached hydrogens (tertiary/aromatic N) is 4. The van der Waals surface area contributed by atoms with Crippen molar-refractivity contribution in [2.24, 2.45) is 0 Å². The van der Waals surface area contributed by atoms with Gasteiger partial charge in [-0.15, -0.1) is 21.5 Å². The number of aromatic nitrogens is 4. The molecule has 0 spiro atoms. The highest BCUT2D eigenvalue weighted by Gasteiger charge is 2.16. The Morgan fingerprint density at radius 1 is 1.19 bits per heavy atom. The number of methoxy groups -OCH3 is 1. The molecule has 7 nitrogen and oxygen atoms in total. The summed E-state index contributed by atoms with van der Waals surface area (Å²) in [4.78, 5) is 5.29. The van der Waals surface area contributed by atoms with E-state index in [2.05, 4.69) is 20.3 Å². The van der Waals surface area contributed by atoms with Crippen LogP contribution in [0.2, 0.25) is 0 Å². The van der Waals surface area contributed by atoms with Crippen molar-refractivity contribution in [2.75, 3.05) is 7.11 Å². The molecule has 0 N–H and O–H groups in total. The summed E-state index contributed by atoms with van der Waals surface area (Å²) in [5.41, 5.74) is 2.51. The second-order valence-corrected chi connectivity index (χ2v) is 7.82. The number of ether oxygens (including phenoxy) is 1. The molecule has 0 amide bonds. The molecule has 3 heterocycles. The summed E-state index contributed by atoms with van der Waals surface area (Å²) < 4.78 is 16.5. The molecule has 0 aliphatic rings. The van der Waals surface area contributed by atoms with Gasteiger partial charge < -0.3 is 13.7 Å². The number of rotatable bonds is 6. The van der Waals surface area contributed by atoms with Crippen LogP contribution >= 0.6 is 23.1 Å². The fourth-order valence-corrected chi connectivity index (χ4v) is 4.07. The molecular formula is C18H16N4O3S2. The third-order valence-corrected chi connectivity index (χ3v) is 5.69. The third-order valence-electron chi connectivity index (χ3n) is 3.78. The highest BCUT2D eigenvalue weighted by atomic mass is 32.2. The summed E-state index contributed by atoms with van der Waals surface area (Å²) in [6, 6.07) is 9.57. The van der Waals surface area contributed by atoms with Gasteiger partial charge >= 0.3 is 0 Å². The quantitative estimate of drug-likeness (QED) is 0.428.